The van der Waals surface area contributed by atoms with Crippen LogP contribution in [0.2, 0.25) is 0 Å². The minimum atomic E-state index is -0.213. The van der Waals surface area contributed by atoms with Gasteiger partial charge in [-0.25, -0.2) is 4.98 Å². The third-order valence-electron chi connectivity index (χ3n) is 6.02. The van der Waals surface area contributed by atoms with Gasteiger partial charge >= 0.3 is 0 Å². The third-order valence-corrected chi connectivity index (χ3v) is 7.06. The van der Waals surface area contributed by atoms with Crippen LogP contribution in [-0.4, -0.2) is 60.9 Å². The number of anilines is 2. The zero-order valence-electron chi connectivity index (χ0n) is 20.0. The number of hydrogen-bond donors (Lipinski definition) is 0. The van der Waals surface area contributed by atoms with Crippen LogP contribution in [0.15, 0.2) is 42.5 Å². The van der Waals surface area contributed by atoms with Gasteiger partial charge in [-0.05, 0) is 55.6 Å². The highest BCUT2D eigenvalue weighted by Crippen LogP contribution is 2.32. The van der Waals surface area contributed by atoms with Crippen LogP contribution in [0.5, 0.6) is 5.75 Å². The van der Waals surface area contributed by atoms with Gasteiger partial charge in [0.05, 0.1) is 23.0 Å². The van der Waals surface area contributed by atoms with E-state index in [4.69, 9.17) is 9.72 Å². The molecule has 0 bridgehead atoms. The number of ether oxygens (including phenoxy) is 1. The molecule has 0 unspecified atom stereocenters. The van der Waals surface area contributed by atoms with Crippen molar-refractivity contribution < 1.29 is 19.1 Å². The van der Waals surface area contributed by atoms with Crippen molar-refractivity contribution in [3.8, 4) is 5.75 Å². The summed E-state index contributed by atoms with van der Waals surface area (Å²) in [5.41, 5.74) is 1.77. The highest BCUT2D eigenvalue weighted by atomic mass is 35.5. The second-order valence-corrected chi connectivity index (χ2v) is 8.99. The zero-order chi connectivity index (χ0) is 24.2. The van der Waals surface area contributed by atoms with Gasteiger partial charge in [-0.2, -0.15) is 0 Å². The number of methoxy groups -OCH3 is 1. The molecule has 0 radical (unpaired) electrons. The summed E-state index contributed by atoms with van der Waals surface area (Å²) in [5.74, 6) is 0.138. The lowest BCUT2D eigenvalue weighted by molar-refractivity contribution is -0.121. The Balaban J connectivity index is 0.00000342. The van der Waals surface area contributed by atoms with E-state index < -0.39 is 0 Å². The summed E-state index contributed by atoms with van der Waals surface area (Å²) in [7, 11) is 1.62. The Morgan fingerprint density at radius 1 is 1.03 bits per heavy atom. The number of rotatable bonds is 9. The van der Waals surface area contributed by atoms with E-state index in [2.05, 4.69) is 18.7 Å². The van der Waals surface area contributed by atoms with Crippen molar-refractivity contribution in [2.24, 2.45) is 0 Å². The van der Waals surface area contributed by atoms with Crippen LogP contribution in [0.4, 0.5) is 10.8 Å². The minimum Gasteiger partial charge on any atom is -0.497 e. The second-order valence-electron chi connectivity index (χ2n) is 7.98. The number of imide groups is 1. The van der Waals surface area contributed by atoms with Crippen LogP contribution in [0.1, 0.15) is 37.0 Å². The molecule has 0 aliphatic carbocycles. The van der Waals surface area contributed by atoms with Gasteiger partial charge < -0.3 is 9.64 Å². The molecule has 0 N–H and O–H groups in total. The Morgan fingerprint density at radius 2 is 1.69 bits per heavy atom. The molecule has 0 spiro atoms. The summed E-state index contributed by atoms with van der Waals surface area (Å²) in [6.07, 6.45) is 0.447. The number of likely N-dealkylation sites (N-methyl/N-ethyl adjacent to an activating group) is 1. The van der Waals surface area contributed by atoms with Crippen LogP contribution >= 0.6 is 23.7 Å². The molecule has 10 heteroatoms. The molecule has 2 aromatic carbocycles. The first kappa shape index (κ1) is 26.6. The number of carbonyl (C=O) groups is 3. The molecule has 8 nitrogen and oxygen atoms in total. The Labute approximate surface area is 214 Å². The Morgan fingerprint density at radius 3 is 2.29 bits per heavy atom. The van der Waals surface area contributed by atoms with Crippen LogP contribution in [0.25, 0.3) is 10.2 Å². The smallest absolute Gasteiger partial charge is 0.260 e. The van der Waals surface area contributed by atoms with E-state index in [1.54, 1.807) is 36.3 Å². The molecule has 0 saturated carbocycles. The van der Waals surface area contributed by atoms with Crippen molar-refractivity contribution in [3.05, 3.63) is 48.0 Å². The number of aromatic nitrogens is 1. The van der Waals surface area contributed by atoms with Crippen molar-refractivity contribution in [2.75, 3.05) is 43.1 Å². The SMILES string of the molecule is CCN(CC)CCN(C(=O)c1ccc(N2C(=O)CCC2=O)cc1)c1nc2ccc(OC)cc2s1.Cl. The lowest BCUT2D eigenvalue weighted by Crippen LogP contribution is -2.39. The lowest BCUT2D eigenvalue weighted by atomic mass is 10.1. The molecule has 1 aromatic heterocycles. The summed E-state index contributed by atoms with van der Waals surface area (Å²) in [5, 5.41) is 0.620. The van der Waals surface area contributed by atoms with Crippen molar-refractivity contribution in [2.45, 2.75) is 26.7 Å². The van der Waals surface area contributed by atoms with Gasteiger partial charge in [0.25, 0.3) is 5.91 Å². The fraction of sp³-hybridized carbons (Fsp3) is 0.360. The van der Waals surface area contributed by atoms with Gasteiger partial charge in [-0.1, -0.05) is 25.2 Å². The lowest BCUT2D eigenvalue weighted by Gasteiger charge is -2.25. The van der Waals surface area contributed by atoms with Crippen molar-refractivity contribution in [3.63, 3.8) is 0 Å². The van der Waals surface area contributed by atoms with Crippen molar-refractivity contribution in [1.29, 1.82) is 0 Å². The predicted molar refractivity (Wildman–Crippen MR) is 141 cm³/mol. The number of carbonyl (C=O) groups excluding carboxylic acids is 3. The van der Waals surface area contributed by atoms with E-state index >= 15 is 0 Å². The van der Waals surface area contributed by atoms with E-state index in [0.29, 0.717) is 29.5 Å². The van der Waals surface area contributed by atoms with E-state index in [9.17, 15) is 14.4 Å². The highest BCUT2D eigenvalue weighted by Gasteiger charge is 2.30. The van der Waals surface area contributed by atoms with Gasteiger partial charge in [0.2, 0.25) is 11.8 Å². The minimum absolute atomic E-state index is 0. The van der Waals surface area contributed by atoms with E-state index in [1.807, 2.05) is 18.2 Å². The molecular formula is C25H29ClN4O4S. The summed E-state index contributed by atoms with van der Waals surface area (Å²) < 4.78 is 6.27. The molecular weight excluding hydrogens is 488 g/mol. The first-order chi connectivity index (χ1) is 16.4. The highest BCUT2D eigenvalue weighted by molar-refractivity contribution is 7.22. The molecule has 1 saturated heterocycles. The van der Waals surface area contributed by atoms with Gasteiger partial charge in [-0.3, -0.25) is 24.2 Å². The number of amides is 3. The number of thiazole rings is 1. The molecule has 3 amide bonds. The fourth-order valence-electron chi connectivity index (χ4n) is 3.97. The Bertz CT molecular complexity index is 1190. The summed E-state index contributed by atoms with van der Waals surface area (Å²) in [6.45, 7) is 7.18. The van der Waals surface area contributed by atoms with Gasteiger partial charge in [-0.15, -0.1) is 12.4 Å². The number of benzene rings is 2. The quantitative estimate of drug-likeness (QED) is 0.393. The maximum absolute atomic E-state index is 13.6. The molecule has 1 fully saturated rings. The van der Waals surface area contributed by atoms with Crippen molar-refractivity contribution >= 4 is 62.5 Å². The largest absolute Gasteiger partial charge is 0.497 e. The fourth-order valence-corrected chi connectivity index (χ4v) is 4.99. The summed E-state index contributed by atoms with van der Waals surface area (Å²) >= 11 is 1.45. The zero-order valence-corrected chi connectivity index (χ0v) is 21.7. The number of nitrogens with zero attached hydrogens (tertiary/aromatic N) is 4. The van der Waals surface area contributed by atoms with E-state index in [-0.39, 0.29) is 43.0 Å². The average molecular weight is 517 g/mol. The number of halogens is 1. The van der Waals surface area contributed by atoms with Gasteiger partial charge in [0.15, 0.2) is 5.13 Å². The number of fused-ring (bicyclic) bond motifs is 1. The van der Waals surface area contributed by atoms with Crippen LogP contribution in [0, 0.1) is 0 Å². The van der Waals surface area contributed by atoms with Crippen LogP contribution in [0.3, 0.4) is 0 Å². The predicted octanol–water partition coefficient (Wildman–Crippen LogP) is 4.37. The normalized spacial score (nSPS) is 13.4. The third kappa shape index (κ3) is 5.63. The van der Waals surface area contributed by atoms with Crippen LogP contribution < -0.4 is 14.5 Å². The monoisotopic (exact) mass is 516 g/mol. The molecule has 186 valence electrons. The van der Waals surface area contributed by atoms with Crippen LogP contribution in [-0.2, 0) is 9.59 Å². The molecule has 1 aliphatic heterocycles. The van der Waals surface area contributed by atoms with Gasteiger partial charge in [0.1, 0.15) is 5.75 Å². The average Bonchev–Trinajstić information content (AvgIpc) is 3.43. The molecule has 1 aliphatic rings. The molecule has 4 rings (SSSR count). The maximum atomic E-state index is 13.6. The molecule has 35 heavy (non-hydrogen) atoms. The van der Waals surface area contributed by atoms with E-state index in [1.165, 1.54) is 16.2 Å². The topological polar surface area (TPSA) is 83.0 Å². The Hall–Kier alpha value is -3.01. The number of hydrogen-bond acceptors (Lipinski definition) is 7. The standard InChI is InChI=1S/C25H28N4O4S.ClH/c1-4-27(5-2)14-15-28(25-26-20-11-10-19(33-3)16-21(20)34-25)24(32)17-6-8-18(9-7-17)29-22(30)12-13-23(29)31;/h6-11,16H,4-5,12-15H2,1-3H3;1H. The van der Waals surface area contributed by atoms with Crippen molar-refractivity contribution in [1.82, 2.24) is 9.88 Å². The summed E-state index contributed by atoms with van der Waals surface area (Å²) in [4.78, 5) is 47.5. The maximum Gasteiger partial charge on any atom is 0.260 e. The summed E-state index contributed by atoms with van der Waals surface area (Å²) in [6, 6.07) is 12.3. The first-order valence-corrected chi connectivity index (χ1v) is 12.2. The first-order valence-electron chi connectivity index (χ1n) is 11.4. The second kappa shape index (κ2) is 11.6. The molecule has 0 atom stereocenters. The molecule has 2 heterocycles. The molecule has 3 aromatic rings. The van der Waals surface area contributed by atoms with Gasteiger partial charge in [0, 0.05) is 31.5 Å². The Kier molecular flexibility index (Phi) is 8.82. The van der Waals surface area contributed by atoms with E-state index in [0.717, 1.165) is 29.1 Å².